The van der Waals surface area contributed by atoms with Crippen LogP contribution in [0.4, 0.5) is 0 Å². The fraction of sp³-hybridized carbons (Fsp3) is 1.00. The Morgan fingerprint density at radius 2 is 2.42 bits per heavy atom. The van der Waals surface area contributed by atoms with Crippen molar-refractivity contribution in [2.45, 2.75) is 25.8 Å². The topological polar surface area (TPSA) is 3.24 Å². The molecule has 0 saturated carbocycles. The summed E-state index contributed by atoms with van der Waals surface area (Å²) < 4.78 is 0. The van der Waals surface area contributed by atoms with E-state index in [9.17, 15) is 0 Å². The molecular formula is C9H18BrNS. The Balaban J connectivity index is 2.12. The van der Waals surface area contributed by atoms with Crippen LogP contribution >= 0.6 is 27.7 Å². The molecule has 0 aromatic heterocycles. The second-order valence-corrected chi connectivity index (χ2v) is 5.22. The molecule has 0 N–H and O–H groups in total. The van der Waals surface area contributed by atoms with Gasteiger partial charge in [-0.3, -0.25) is 4.90 Å². The van der Waals surface area contributed by atoms with E-state index in [1.807, 2.05) is 0 Å². The summed E-state index contributed by atoms with van der Waals surface area (Å²) in [5.41, 5.74) is 0. The minimum Gasteiger partial charge on any atom is -0.299 e. The Bertz CT molecular complexity index is 121. The number of thioether (sulfide) groups is 1. The third-order valence-electron chi connectivity index (χ3n) is 2.40. The second kappa shape index (κ2) is 6.28. The minimum absolute atomic E-state index is 0.822. The molecule has 0 amide bonds. The maximum absolute atomic E-state index is 3.58. The Morgan fingerprint density at radius 3 is 3.08 bits per heavy atom. The lowest BCUT2D eigenvalue weighted by Crippen LogP contribution is -2.32. The quantitative estimate of drug-likeness (QED) is 0.546. The molecule has 1 nitrogen and oxygen atoms in total. The highest BCUT2D eigenvalue weighted by Gasteiger charge is 2.22. The van der Waals surface area contributed by atoms with Crippen molar-refractivity contribution in [1.29, 1.82) is 0 Å². The van der Waals surface area contributed by atoms with Crippen molar-refractivity contribution >= 4 is 27.7 Å². The van der Waals surface area contributed by atoms with E-state index in [1.54, 1.807) is 0 Å². The summed E-state index contributed by atoms with van der Waals surface area (Å²) in [6, 6.07) is 0.822. The summed E-state index contributed by atoms with van der Waals surface area (Å²) in [7, 11) is 0. The molecule has 1 heterocycles. The van der Waals surface area contributed by atoms with Crippen molar-refractivity contribution in [1.82, 2.24) is 4.90 Å². The van der Waals surface area contributed by atoms with Gasteiger partial charge < -0.3 is 0 Å². The highest BCUT2D eigenvalue weighted by Crippen LogP contribution is 2.19. The lowest BCUT2D eigenvalue weighted by atomic mass is 10.2. The smallest absolute Gasteiger partial charge is 0.0193 e. The van der Waals surface area contributed by atoms with Crippen LogP contribution in [0.25, 0.3) is 0 Å². The van der Waals surface area contributed by atoms with E-state index in [1.165, 1.54) is 37.4 Å². The molecule has 1 atom stereocenters. The summed E-state index contributed by atoms with van der Waals surface area (Å²) >= 11 is 5.63. The van der Waals surface area contributed by atoms with E-state index >= 15 is 0 Å². The average Bonchev–Trinajstić information content (AvgIpc) is 2.52. The lowest BCUT2D eigenvalue weighted by molar-refractivity contribution is 0.291. The Hall–Kier alpha value is 0.790. The van der Waals surface area contributed by atoms with Crippen molar-refractivity contribution in [3.63, 3.8) is 0 Å². The van der Waals surface area contributed by atoms with Crippen LogP contribution in [-0.4, -0.2) is 40.9 Å². The molecule has 0 aromatic rings. The van der Waals surface area contributed by atoms with Gasteiger partial charge in [0.15, 0.2) is 0 Å². The molecule has 1 saturated heterocycles. The first-order valence-corrected chi connectivity index (χ1v) is 7.04. The fourth-order valence-corrected chi connectivity index (χ4v) is 3.08. The number of halogens is 1. The Labute approximate surface area is 88.4 Å². The maximum atomic E-state index is 3.58. The van der Waals surface area contributed by atoms with E-state index in [4.69, 9.17) is 0 Å². The Kier molecular flexibility index (Phi) is 5.68. The van der Waals surface area contributed by atoms with Gasteiger partial charge >= 0.3 is 0 Å². The van der Waals surface area contributed by atoms with E-state index in [2.05, 4.69) is 39.5 Å². The van der Waals surface area contributed by atoms with Crippen LogP contribution in [0.2, 0.25) is 0 Å². The highest BCUT2D eigenvalue weighted by atomic mass is 79.9. The average molecular weight is 252 g/mol. The summed E-state index contributed by atoms with van der Waals surface area (Å²) in [6.07, 6.45) is 2.79. The minimum atomic E-state index is 0.822. The van der Waals surface area contributed by atoms with Gasteiger partial charge in [0.25, 0.3) is 0 Å². The van der Waals surface area contributed by atoms with E-state index in [0.717, 1.165) is 11.4 Å². The molecule has 1 aliphatic heterocycles. The van der Waals surface area contributed by atoms with Gasteiger partial charge in [0.1, 0.15) is 0 Å². The molecule has 3 heteroatoms. The first kappa shape index (κ1) is 10.9. The van der Waals surface area contributed by atoms with Gasteiger partial charge in [-0.1, -0.05) is 22.9 Å². The van der Waals surface area contributed by atoms with Crippen LogP contribution in [0.1, 0.15) is 19.8 Å². The van der Waals surface area contributed by atoms with Crippen LogP contribution in [0.3, 0.4) is 0 Å². The number of hydrogen-bond donors (Lipinski definition) is 0. The van der Waals surface area contributed by atoms with Gasteiger partial charge in [-0.15, -0.1) is 0 Å². The SMILES string of the molecule is CCSCCN1CCCC1CBr. The van der Waals surface area contributed by atoms with Crippen LogP contribution in [0, 0.1) is 0 Å². The van der Waals surface area contributed by atoms with Crippen molar-refractivity contribution in [3.05, 3.63) is 0 Å². The van der Waals surface area contributed by atoms with Crippen molar-refractivity contribution < 1.29 is 0 Å². The summed E-state index contributed by atoms with van der Waals surface area (Å²) in [4.78, 5) is 2.62. The molecule has 0 radical (unpaired) electrons. The van der Waals surface area contributed by atoms with Crippen molar-refractivity contribution in [2.24, 2.45) is 0 Å². The van der Waals surface area contributed by atoms with Gasteiger partial charge in [-0.05, 0) is 25.1 Å². The number of nitrogens with zero attached hydrogens (tertiary/aromatic N) is 1. The van der Waals surface area contributed by atoms with E-state index in [0.29, 0.717) is 0 Å². The third-order valence-corrected chi connectivity index (χ3v) is 4.03. The molecule has 1 fully saturated rings. The zero-order valence-corrected chi connectivity index (χ0v) is 10.2. The number of hydrogen-bond acceptors (Lipinski definition) is 2. The van der Waals surface area contributed by atoms with Crippen LogP contribution in [0.15, 0.2) is 0 Å². The zero-order valence-electron chi connectivity index (χ0n) is 7.76. The standard InChI is InChI=1S/C9H18BrNS/c1-2-12-7-6-11-5-3-4-9(11)8-10/h9H,2-8H2,1H3. The zero-order chi connectivity index (χ0) is 8.81. The summed E-state index contributed by atoms with van der Waals surface area (Å²) in [5.74, 6) is 2.56. The molecule has 0 aromatic carbocycles. The second-order valence-electron chi connectivity index (χ2n) is 3.18. The molecule has 12 heavy (non-hydrogen) atoms. The first-order valence-electron chi connectivity index (χ1n) is 4.76. The highest BCUT2D eigenvalue weighted by molar-refractivity contribution is 9.09. The van der Waals surface area contributed by atoms with Crippen LogP contribution in [0.5, 0.6) is 0 Å². The van der Waals surface area contributed by atoms with Crippen molar-refractivity contribution in [3.8, 4) is 0 Å². The normalized spacial score (nSPS) is 25.0. The number of rotatable bonds is 5. The van der Waals surface area contributed by atoms with Gasteiger partial charge in [0.05, 0.1) is 0 Å². The predicted octanol–water partition coefficient (Wildman–Crippen LogP) is 2.60. The molecule has 0 aliphatic carbocycles. The van der Waals surface area contributed by atoms with Gasteiger partial charge in [0.2, 0.25) is 0 Å². The number of alkyl halides is 1. The fourth-order valence-electron chi connectivity index (χ4n) is 1.69. The predicted molar refractivity (Wildman–Crippen MR) is 61.4 cm³/mol. The van der Waals surface area contributed by atoms with E-state index < -0.39 is 0 Å². The molecular weight excluding hydrogens is 234 g/mol. The van der Waals surface area contributed by atoms with Crippen LogP contribution in [-0.2, 0) is 0 Å². The molecule has 0 spiro atoms. The van der Waals surface area contributed by atoms with E-state index in [-0.39, 0.29) is 0 Å². The third kappa shape index (κ3) is 3.27. The molecule has 1 rings (SSSR count). The molecule has 0 bridgehead atoms. The summed E-state index contributed by atoms with van der Waals surface area (Å²) in [5, 5.41) is 1.16. The lowest BCUT2D eigenvalue weighted by Gasteiger charge is -2.21. The molecule has 1 aliphatic rings. The van der Waals surface area contributed by atoms with Crippen molar-refractivity contribution in [2.75, 3.05) is 29.9 Å². The van der Waals surface area contributed by atoms with Gasteiger partial charge in [-0.2, -0.15) is 11.8 Å². The molecule has 72 valence electrons. The monoisotopic (exact) mass is 251 g/mol. The molecule has 1 unspecified atom stereocenters. The largest absolute Gasteiger partial charge is 0.299 e. The summed E-state index contributed by atoms with van der Waals surface area (Å²) in [6.45, 7) is 4.84. The number of likely N-dealkylation sites (tertiary alicyclic amines) is 1. The van der Waals surface area contributed by atoms with Crippen LogP contribution < -0.4 is 0 Å². The van der Waals surface area contributed by atoms with Gasteiger partial charge in [0, 0.05) is 23.7 Å². The first-order chi connectivity index (χ1) is 5.88. The Morgan fingerprint density at radius 1 is 1.58 bits per heavy atom. The maximum Gasteiger partial charge on any atom is 0.0193 e. The van der Waals surface area contributed by atoms with Gasteiger partial charge in [-0.25, -0.2) is 0 Å².